The summed E-state index contributed by atoms with van der Waals surface area (Å²) in [4.78, 5) is 25.4. The third-order valence-electron chi connectivity index (χ3n) is 6.05. The van der Waals surface area contributed by atoms with Crippen molar-refractivity contribution in [3.05, 3.63) is 47.0 Å². The van der Waals surface area contributed by atoms with E-state index in [1.165, 1.54) is 18.6 Å². The Morgan fingerprint density at radius 1 is 1.10 bits per heavy atom. The minimum atomic E-state index is -0.880. The zero-order valence-corrected chi connectivity index (χ0v) is 17.3. The van der Waals surface area contributed by atoms with Crippen molar-refractivity contribution in [2.45, 2.75) is 76.9 Å². The largest absolute Gasteiger partial charge is 0.448 e. The average molecular weight is 413 g/mol. The molecule has 1 N–H and O–H groups in total. The number of carbonyl (C=O) groups is 2. The van der Waals surface area contributed by atoms with Crippen LogP contribution in [0.2, 0.25) is 0 Å². The van der Waals surface area contributed by atoms with E-state index in [0.717, 1.165) is 62.6 Å². The Labute approximate surface area is 175 Å². The van der Waals surface area contributed by atoms with Gasteiger partial charge in [0.15, 0.2) is 11.8 Å². The molecule has 7 heteroatoms. The maximum Gasteiger partial charge on any atom is 0.359 e. The molecule has 0 bridgehead atoms. The molecule has 30 heavy (non-hydrogen) atoms. The SMILES string of the molecule is CC(OC(=O)c1nn(-c2ccc(F)cc2)c2c1CCCC2)C(=O)NC1CCCCC1. The van der Waals surface area contributed by atoms with E-state index in [1.807, 2.05) is 0 Å². The smallest absolute Gasteiger partial charge is 0.359 e. The summed E-state index contributed by atoms with van der Waals surface area (Å²) in [5, 5.41) is 7.50. The van der Waals surface area contributed by atoms with Gasteiger partial charge in [-0.05, 0) is 69.7 Å². The third kappa shape index (κ3) is 4.40. The molecule has 0 aliphatic heterocycles. The van der Waals surface area contributed by atoms with Gasteiger partial charge in [-0.2, -0.15) is 5.10 Å². The van der Waals surface area contributed by atoms with Gasteiger partial charge in [0.25, 0.3) is 5.91 Å². The first-order chi connectivity index (χ1) is 14.5. The van der Waals surface area contributed by atoms with Crippen LogP contribution in [0.15, 0.2) is 24.3 Å². The maximum absolute atomic E-state index is 13.3. The molecular weight excluding hydrogens is 385 g/mol. The van der Waals surface area contributed by atoms with Crippen molar-refractivity contribution in [2.24, 2.45) is 0 Å². The van der Waals surface area contributed by atoms with Crippen LogP contribution in [0.4, 0.5) is 4.39 Å². The molecule has 2 aliphatic rings. The van der Waals surface area contributed by atoms with Gasteiger partial charge < -0.3 is 10.1 Å². The molecule has 6 nitrogen and oxygen atoms in total. The number of carbonyl (C=O) groups excluding carboxylic acids is 2. The predicted molar refractivity (Wildman–Crippen MR) is 110 cm³/mol. The van der Waals surface area contributed by atoms with Gasteiger partial charge in [0, 0.05) is 17.3 Å². The average Bonchev–Trinajstić information content (AvgIpc) is 3.15. The molecule has 0 spiro atoms. The number of hydrogen-bond donors (Lipinski definition) is 1. The number of hydrogen-bond acceptors (Lipinski definition) is 4. The van der Waals surface area contributed by atoms with Crippen molar-refractivity contribution in [1.29, 1.82) is 0 Å². The number of fused-ring (bicyclic) bond motifs is 1. The lowest BCUT2D eigenvalue weighted by Crippen LogP contribution is -2.42. The number of halogens is 1. The van der Waals surface area contributed by atoms with Crippen LogP contribution in [-0.2, 0) is 22.4 Å². The highest BCUT2D eigenvalue weighted by Gasteiger charge is 2.29. The molecular formula is C23H28FN3O3. The van der Waals surface area contributed by atoms with Gasteiger partial charge >= 0.3 is 5.97 Å². The van der Waals surface area contributed by atoms with Crippen molar-refractivity contribution in [2.75, 3.05) is 0 Å². The summed E-state index contributed by atoms with van der Waals surface area (Å²) in [6.07, 6.45) is 8.03. The second kappa shape index (κ2) is 8.98. The van der Waals surface area contributed by atoms with Gasteiger partial charge in [0.1, 0.15) is 5.82 Å². The van der Waals surface area contributed by atoms with Crippen molar-refractivity contribution in [3.63, 3.8) is 0 Å². The number of nitrogens with one attached hydrogen (secondary N) is 1. The first-order valence-corrected chi connectivity index (χ1v) is 10.9. The molecule has 160 valence electrons. The lowest BCUT2D eigenvalue weighted by Gasteiger charge is -2.24. The summed E-state index contributed by atoms with van der Waals surface area (Å²) in [5.74, 6) is -1.17. The molecule has 2 aliphatic carbocycles. The monoisotopic (exact) mass is 413 g/mol. The van der Waals surface area contributed by atoms with Gasteiger partial charge in [-0.1, -0.05) is 19.3 Å². The normalized spacial score (nSPS) is 17.8. The van der Waals surface area contributed by atoms with E-state index in [0.29, 0.717) is 5.69 Å². The summed E-state index contributed by atoms with van der Waals surface area (Å²) in [7, 11) is 0. The number of amides is 1. The maximum atomic E-state index is 13.3. The fraction of sp³-hybridized carbons (Fsp3) is 0.522. The van der Waals surface area contributed by atoms with Crippen LogP contribution in [0.25, 0.3) is 5.69 Å². The van der Waals surface area contributed by atoms with E-state index in [1.54, 1.807) is 23.7 Å². The highest BCUT2D eigenvalue weighted by Crippen LogP contribution is 2.28. The highest BCUT2D eigenvalue weighted by atomic mass is 19.1. The zero-order valence-electron chi connectivity index (χ0n) is 17.3. The van der Waals surface area contributed by atoms with Crippen molar-refractivity contribution >= 4 is 11.9 Å². The molecule has 1 aromatic heterocycles. The minimum Gasteiger partial charge on any atom is -0.448 e. The van der Waals surface area contributed by atoms with Crippen LogP contribution in [-0.4, -0.2) is 33.8 Å². The Morgan fingerprint density at radius 3 is 2.53 bits per heavy atom. The number of aromatic nitrogens is 2. The molecule has 1 amide bonds. The van der Waals surface area contributed by atoms with Crippen LogP contribution >= 0.6 is 0 Å². The Morgan fingerprint density at radius 2 is 1.80 bits per heavy atom. The van der Waals surface area contributed by atoms with E-state index < -0.39 is 12.1 Å². The molecule has 1 aromatic carbocycles. The van der Waals surface area contributed by atoms with Crippen LogP contribution in [0.5, 0.6) is 0 Å². The van der Waals surface area contributed by atoms with Crippen molar-refractivity contribution in [3.8, 4) is 5.69 Å². The minimum absolute atomic E-state index is 0.165. The van der Waals surface area contributed by atoms with E-state index in [4.69, 9.17) is 4.74 Å². The third-order valence-corrected chi connectivity index (χ3v) is 6.05. The molecule has 2 aromatic rings. The summed E-state index contributed by atoms with van der Waals surface area (Å²) in [5.41, 5.74) is 2.79. The van der Waals surface area contributed by atoms with Crippen LogP contribution in [0.3, 0.4) is 0 Å². The number of rotatable bonds is 5. The fourth-order valence-corrected chi connectivity index (χ4v) is 4.39. The Hall–Kier alpha value is -2.70. The summed E-state index contributed by atoms with van der Waals surface area (Å²) < 4.78 is 20.5. The fourth-order valence-electron chi connectivity index (χ4n) is 4.39. The first kappa shape index (κ1) is 20.6. The van der Waals surface area contributed by atoms with Gasteiger partial charge in [0.05, 0.1) is 5.69 Å². The summed E-state index contributed by atoms with van der Waals surface area (Å²) in [6, 6.07) is 6.21. The second-order valence-corrected chi connectivity index (χ2v) is 8.26. The molecule has 0 radical (unpaired) electrons. The molecule has 1 fully saturated rings. The van der Waals surface area contributed by atoms with Crippen molar-refractivity contribution < 1.29 is 18.7 Å². The molecule has 1 saturated carbocycles. The molecule has 1 atom stereocenters. The first-order valence-electron chi connectivity index (χ1n) is 10.9. The Balaban J connectivity index is 1.50. The van der Waals surface area contributed by atoms with E-state index in [-0.39, 0.29) is 23.5 Å². The lowest BCUT2D eigenvalue weighted by molar-refractivity contribution is -0.130. The number of benzene rings is 1. The second-order valence-electron chi connectivity index (χ2n) is 8.26. The number of nitrogens with zero attached hydrogens (tertiary/aromatic N) is 2. The zero-order chi connectivity index (χ0) is 21.1. The van der Waals surface area contributed by atoms with Crippen LogP contribution in [0.1, 0.15) is 73.6 Å². The van der Waals surface area contributed by atoms with E-state index >= 15 is 0 Å². The quantitative estimate of drug-likeness (QED) is 0.755. The molecule has 1 heterocycles. The lowest BCUT2D eigenvalue weighted by atomic mass is 9.95. The van der Waals surface area contributed by atoms with Crippen LogP contribution in [0, 0.1) is 5.82 Å². The highest BCUT2D eigenvalue weighted by molar-refractivity contribution is 5.92. The molecule has 1 unspecified atom stereocenters. The van der Waals surface area contributed by atoms with Gasteiger partial charge in [-0.25, -0.2) is 13.9 Å². The standard InChI is InChI=1S/C23H28FN3O3/c1-15(22(28)25-17-7-3-2-4-8-17)30-23(29)21-19-9-5-6-10-20(19)27(26-21)18-13-11-16(24)12-14-18/h11-15,17H,2-10H2,1H3,(H,25,28). The Bertz CT molecular complexity index is 917. The topological polar surface area (TPSA) is 73.2 Å². The van der Waals surface area contributed by atoms with E-state index in [9.17, 15) is 14.0 Å². The van der Waals surface area contributed by atoms with Crippen molar-refractivity contribution in [1.82, 2.24) is 15.1 Å². The Kier molecular flexibility index (Phi) is 6.16. The van der Waals surface area contributed by atoms with Gasteiger partial charge in [-0.3, -0.25) is 4.79 Å². The summed E-state index contributed by atoms with van der Waals surface area (Å²) in [6.45, 7) is 1.60. The summed E-state index contributed by atoms with van der Waals surface area (Å²) >= 11 is 0. The predicted octanol–water partition coefficient (Wildman–Crippen LogP) is 3.88. The number of ether oxygens (including phenoxy) is 1. The van der Waals surface area contributed by atoms with Gasteiger partial charge in [-0.15, -0.1) is 0 Å². The van der Waals surface area contributed by atoms with Crippen LogP contribution < -0.4 is 5.32 Å². The van der Waals surface area contributed by atoms with E-state index in [2.05, 4.69) is 10.4 Å². The van der Waals surface area contributed by atoms with Gasteiger partial charge in [0.2, 0.25) is 0 Å². The molecule has 0 saturated heterocycles. The number of esters is 1. The molecule has 4 rings (SSSR count).